The van der Waals surface area contributed by atoms with E-state index in [2.05, 4.69) is 29.0 Å². The second kappa shape index (κ2) is 10.6. The third-order valence-corrected chi connectivity index (χ3v) is 7.29. The molecule has 1 aromatic carbocycles. The van der Waals surface area contributed by atoms with E-state index >= 15 is 0 Å². The van der Waals surface area contributed by atoms with Crippen LogP contribution in [0.3, 0.4) is 0 Å². The van der Waals surface area contributed by atoms with Gasteiger partial charge in [-0.1, -0.05) is 13.8 Å². The molecule has 3 saturated heterocycles. The number of piperazine rings is 1. The number of ether oxygens (including phenoxy) is 1. The number of aliphatic hydroxyl groups excluding tert-OH is 1. The Balaban J connectivity index is 1.41. The van der Waals surface area contributed by atoms with E-state index < -0.39 is 24.3 Å². The second-order valence-electron chi connectivity index (χ2n) is 10.6. The first-order valence-electron chi connectivity index (χ1n) is 12.7. The molecule has 3 aliphatic heterocycles. The van der Waals surface area contributed by atoms with Crippen molar-refractivity contribution in [3.05, 3.63) is 29.8 Å². The van der Waals surface area contributed by atoms with Crippen LogP contribution < -0.4 is 10.2 Å². The van der Waals surface area contributed by atoms with Crippen molar-refractivity contribution in [3.63, 3.8) is 0 Å². The number of carbonyl (C=O) groups excluding carboxylic acids is 3. The van der Waals surface area contributed by atoms with Gasteiger partial charge in [-0.15, -0.1) is 0 Å². The minimum Gasteiger partial charge on any atom is -0.388 e. The Hall–Kier alpha value is -2.49. The summed E-state index contributed by atoms with van der Waals surface area (Å²) in [7, 11) is 0. The molecule has 2 amide bonds. The first kappa shape index (κ1) is 25.6. The van der Waals surface area contributed by atoms with Gasteiger partial charge in [-0.05, 0) is 50.5 Å². The Bertz CT molecular complexity index is 926. The summed E-state index contributed by atoms with van der Waals surface area (Å²) in [5.41, 5.74) is 1.56. The average molecular weight is 487 g/mol. The SMILES string of the molecule is CC(C)CC(NC(=O)c1ccc(N2CCN(C(C)C)CC2)cc1)C(=O)N1C[C@H](O)[C@H]2OCC(=O)[C@H]21. The molecule has 2 N–H and O–H groups in total. The third-order valence-electron chi connectivity index (χ3n) is 7.29. The number of fused-ring (bicyclic) bond motifs is 1. The van der Waals surface area contributed by atoms with Crippen LogP contribution in [0.25, 0.3) is 0 Å². The maximum atomic E-state index is 13.4. The summed E-state index contributed by atoms with van der Waals surface area (Å²) in [6.45, 7) is 12.2. The lowest BCUT2D eigenvalue weighted by atomic mass is 10.0. The molecule has 9 heteroatoms. The summed E-state index contributed by atoms with van der Waals surface area (Å²) in [6.07, 6.45) is -1.15. The standard InChI is InChI=1S/C26H38N4O5/c1-16(2)13-20(26(34)30-14-21(31)24-23(30)22(32)15-35-24)27-25(33)18-5-7-19(8-6-18)29-11-9-28(10-12-29)17(3)4/h5-8,16-17,20-21,23-24,31H,9-15H2,1-4H3,(H,27,33)/t20?,21-,23+,24+/m0/s1. The zero-order valence-electron chi connectivity index (χ0n) is 21.1. The highest BCUT2D eigenvalue weighted by atomic mass is 16.5. The molecule has 3 aliphatic rings. The van der Waals surface area contributed by atoms with E-state index in [1.807, 2.05) is 26.0 Å². The summed E-state index contributed by atoms with van der Waals surface area (Å²) in [5.74, 6) is -0.739. The normalized spacial score (nSPS) is 25.9. The zero-order chi connectivity index (χ0) is 25.3. The predicted octanol–water partition coefficient (Wildman–Crippen LogP) is 0.901. The van der Waals surface area contributed by atoms with E-state index in [1.54, 1.807) is 12.1 Å². The molecule has 1 aromatic rings. The largest absolute Gasteiger partial charge is 0.388 e. The number of rotatable bonds is 7. The number of amides is 2. The molecule has 0 aromatic heterocycles. The number of nitrogens with zero attached hydrogens (tertiary/aromatic N) is 3. The quantitative estimate of drug-likeness (QED) is 0.590. The van der Waals surface area contributed by atoms with Crippen LogP contribution in [-0.4, -0.2) is 102 Å². The molecule has 35 heavy (non-hydrogen) atoms. The molecule has 9 nitrogen and oxygen atoms in total. The van der Waals surface area contributed by atoms with Crippen molar-refractivity contribution in [1.29, 1.82) is 0 Å². The van der Waals surface area contributed by atoms with Crippen molar-refractivity contribution in [1.82, 2.24) is 15.1 Å². The number of β-amino-alcohol motifs (C(OH)–C–C–N with tert-alkyl or cyclic N) is 1. The lowest BCUT2D eigenvalue weighted by molar-refractivity contribution is -0.138. The van der Waals surface area contributed by atoms with Crippen LogP contribution in [0.2, 0.25) is 0 Å². The van der Waals surface area contributed by atoms with E-state index in [-0.39, 0.29) is 36.7 Å². The Morgan fingerprint density at radius 2 is 1.74 bits per heavy atom. The van der Waals surface area contributed by atoms with Crippen molar-refractivity contribution in [3.8, 4) is 0 Å². The molecule has 4 atom stereocenters. The fraction of sp³-hybridized carbons (Fsp3) is 0.654. The van der Waals surface area contributed by atoms with Gasteiger partial charge in [-0.2, -0.15) is 0 Å². The first-order valence-corrected chi connectivity index (χ1v) is 12.7. The van der Waals surface area contributed by atoms with Gasteiger partial charge in [0.05, 0.1) is 6.54 Å². The topological polar surface area (TPSA) is 102 Å². The van der Waals surface area contributed by atoms with Gasteiger partial charge < -0.3 is 25.0 Å². The van der Waals surface area contributed by atoms with Crippen LogP contribution in [-0.2, 0) is 14.3 Å². The Morgan fingerprint density at radius 1 is 1.09 bits per heavy atom. The summed E-state index contributed by atoms with van der Waals surface area (Å²) in [4.78, 5) is 44.9. The van der Waals surface area contributed by atoms with E-state index in [0.29, 0.717) is 18.0 Å². The number of anilines is 1. The van der Waals surface area contributed by atoms with Crippen molar-refractivity contribution in [2.45, 2.75) is 64.4 Å². The summed E-state index contributed by atoms with van der Waals surface area (Å²) in [6, 6.07) is 6.47. The average Bonchev–Trinajstić information content (AvgIpc) is 3.38. The number of hydrogen-bond acceptors (Lipinski definition) is 7. The molecule has 0 radical (unpaired) electrons. The number of likely N-dealkylation sites (tertiary alicyclic amines) is 1. The van der Waals surface area contributed by atoms with Gasteiger partial charge in [0, 0.05) is 43.5 Å². The number of Topliss-reactive ketones (excluding diaryl/α,β-unsaturated/α-hetero) is 1. The van der Waals surface area contributed by atoms with Crippen molar-refractivity contribution >= 4 is 23.3 Å². The first-order chi connectivity index (χ1) is 16.7. The fourth-order valence-corrected chi connectivity index (χ4v) is 5.31. The van der Waals surface area contributed by atoms with Gasteiger partial charge in [0.15, 0.2) is 5.78 Å². The van der Waals surface area contributed by atoms with Crippen molar-refractivity contribution < 1.29 is 24.2 Å². The Morgan fingerprint density at radius 3 is 2.34 bits per heavy atom. The lowest BCUT2D eigenvalue weighted by Gasteiger charge is -2.38. The Labute approximate surface area is 207 Å². The van der Waals surface area contributed by atoms with Gasteiger partial charge in [-0.3, -0.25) is 19.3 Å². The van der Waals surface area contributed by atoms with Gasteiger partial charge >= 0.3 is 0 Å². The minimum atomic E-state index is -0.902. The highest BCUT2D eigenvalue weighted by molar-refractivity contribution is 5.99. The Kier molecular flexibility index (Phi) is 7.78. The number of hydrogen-bond donors (Lipinski definition) is 2. The van der Waals surface area contributed by atoms with Gasteiger partial charge in [0.2, 0.25) is 5.91 Å². The maximum absolute atomic E-state index is 13.4. The molecule has 4 rings (SSSR count). The number of nitrogens with one attached hydrogen (secondary N) is 1. The fourth-order valence-electron chi connectivity index (χ4n) is 5.31. The van der Waals surface area contributed by atoms with Crippen LogP contribution in [0.1, 0.15) is 44.5 Å². The summed E-state index contributed by atoms with van der Waals surface area (Å²) < 4.78 is 5.38. The molecular weight excluding hydrogens is 448 g/mol. The number of benzene rings is 1. The highest BCUT2D eigenvalue weighted by Crippen LogP contribution is 2.29. The number of ketones is 1. The molecule has 0 bridgehead atoms. The van der Waals surface area contributed by atoms with Crippen molar-refractivity contribution in [2.75, 3.05) is 44.2 Å². The van der Waals surface area contributed by atoms with Crippen LogP contribution in [0.5, 0.6) is 0 Å². The summed E-state index contributed by atoms with van der Waals surface area (Å²) >= 11 is 0. The van der Waals surface area contributed by atoms with Crippen LogP contribution >= 0.6 is 0 Å². The molecule has 0 spiro atoms. The lowest BCUT2D eigenvalue weighted by Crippen LogP contribution is -2.52. The predicted molar refractivity (Wildman–Crippen MR) is 132 cm³/mol. The summed E-state index contributed by atoms with van der Waals surface area (Å²) in [5, 5.41) is 13.2. The van der Waals surface area contributed by atoms with E-state index in [9.17, 15) is 19.5 Å². The van der Waals surface area contributed by atoms with Gasteiger partial charge in [0.25, 0.3) is 5.91 Å². The third kappa shape index (κ3) is 5.52. The molecule has 3 fully saturated rings. The van der Waals surface area contributed by atoms with Crippen LogP contribution in [0, 0.1) is 5.92 Å². The molecule has 1 unspecified atom stereocenters. The molecule has 3 heterocycles. The second-order valence-corrected chi connectivity index (χ2v) is 10.6. The smallest absolute Gasteiger partial charge is 0.251 e. The maximum Gasteiger partial charge on any atom is 0.251 e. The number of carbonyl (C=O) groups is 3. The van der Waals surface area contributed by atoms with E-state index in [0.717, 1.165) is 31.9 Å². The van der Waals surface area contributed by atoms with Crippen LogP contribution in [0.4, 0.5) is 5.69 Å². The zero-order valence-corrected chi connectivity index (χ0v) is 21.1. The van der Waals surface area contributed by atoms with E-state index in [1.165, 1.54) is 4.90 Å². The van der Waals surface area contributed by atoms with Gasteiger partial charge in [-0.25, -0.2) is 0 Å². The minimum absolute atomic E-state index is 0.0309. The van der Waals surface area contributed by atoms with Crippen LogP contribution in [0.15, 0.2) is 24.3 Å². The highest BCUT2D eigenvalue weighted by Gasteiger charge is 2.52. The van der Waals surface area contributed by atoms with Gasteiger partial charge in [0.1, 0.15) is 30.9 Å². The molecule has 0 saturated carbocycles. The van der Waals surface area contributed by atoms with Crippen molar-refractivity contribution in [2.24, 2.45) is 5.92 Å². The monoisotopic (exact) mass is 486 g/mol. The van der Waals surface area contributed by atoms with E-state index in [4.69, 9.17) is 4.74 Å². The number of aliphatic hydroxyl groups is 1. The molecular formula is C26H38N4O5. The molecule has 192 valence electrons. The molecule has 0 aliphatic carbocycles.